The highest BCUT2D eigenvalue weighted by Gasteiger charge is 2.46. The fraction of sp³-hybridized carbons (Fsp3) is 0.517. The number of sulfonamides is 1. The molecule has 5 rings (SSSR count). The van der Waals surface area contributed by atoms with Crippen LogP contribution in [0.3, 0.4) is 0 Å². The summed E-state index contributed by atoms with van der Waals surface area (Å²) in [4.78, 5) is 28.4. The Hall–Kier alpha value is -3.83. The zero-order valence-corrected chi connectivity index (χ0v) is 25.8. The summed E-state index contributed by atoms with van der Waals surface area (Å²) in [6.07, 6.45) is 4.61. The molecule has 1 aromatic carbocycles. The number of likely N-dealkylation sites (tertiary alicyclic amines) is 1. The van der Waals surface area contributed by atoms with E-state index >= 15 is 4.39 Å². The minimum absolute atomic E-state index is 0.112. The van der Waals surface area contributed by atoms with Crippen LogP contribution in [0, 0.1) is 11.7 Å². The van der Waals surface area contributed by atoms with Gasteiger partial charge >= 0.3 is 21.5 Å². The number of aromatic nitrogens is 3. The van der Waals surface area contributed by atoms with Crippen LogP contribution >= 0.6 is 0 Å². The number of rotatable bonds is 11. The standard InChI is InChI=1S/C29H34F4N6O6S/c1-44-27-23(37-46(42,43)29(31,32)33)14-19(16-34-27)25-22-15-21(30)13-20(26(22)36-28(35-25)39-9-11-45-12-10-39)17-38-7-5-18(6-8-38)3-2-4-24(40)41/h13-16,18,37H,2-12,17H2,1H3,(H,40,41). The quantitative estimate of drug-likeness (QED) is 0.280. The minimum Gasteiger partial charge on any atom is -0.481 e. The van der Waals surface area contributed by atoms with Gasteiger partial charge in [-0.15, -0.1) is 0 Å². The van der Waals surface area contributed by atoms with Gasteiger partial charge in [-0.2, -0.15) is 21.6 Å². The second kappa shape index (κ2) is 13.9. The van der Waals surface area contributed by atoms with Crippen LogP contribution in [0.4, 0.5) is 29.2 Å². The maximum atomic E-state index is 15.2. The first-order valence-corrected chi connectivity index (χ1v) is 16.2. The normalized spacial score (nSPS) is 16.9. The Morgan fingerprint density at radius 1 is 1.13 bits per heavy atom. The van der Waals surface area contributed by atoms with Crippen molar-refractivity contribution in [3.8, 4) is 17.1 Å². The highest BCUT2D eigenvalue weighted by Crippen LogP contribution is 2.36. The molecule has 2 N–H and O–H groups in total. The molecule has 2 aliphatic heterocycles. The van der Waals surface area contributed by atoms with Gasteiger partial charge in [0.05, 0.1) is 31.5 Å². The van der Waals surface area contributed by atoms with Crippen molar-refractivity contribution in [1.29, 1.82) is 0 Å². The first-order valence-electron chi connectivity index (χ1n) is 14.7. The zero-order chi connectivity index (χ0) is 33.1. The van der Waals surface area contributed by atoms with Crippen molar-refractivity contribution in [2.24, 2.45) is 5.92 Å². The van der Waals surface area contributed by atoms with Gasteiger partial charge in [0.1, 0.15) is 11.5 Å². The molecule has 17 heteroatoms. The average molecular weight is 671 g/mol. The molecule has 46 heavy (non-hydrogen) atoms. The van der Waals surface area contributed by atoms with E-state index in [-0.39, 0.29) is 23.1 Å². The first kappa shape index (κ1) is 33.5. The van der Waals surface area contributed by atoms with Crippen LogP contribution in [0.1, 0.15) is 37.7 Å². The third kappa shape index (κ3) is 7.75. The number of piperidine rings is 1. The molecule has 0 spiro atoms. The number of nitrogens with zero attached hydrogens (tertiary/aromatic N) is 5. The molecule has 12 nitrogen and oxygen atoms in total. The molecule has 0 amide bonds. The van der Waals surface area contributed by atoms with Gasteiger partial charge in [-0.1, -0.05) is 0 Å². The molecule has 4 heterocycles. The maximum absolute atomic E-state index is 15.2. The summed E-state index contributed by atoms with van der Waals surface area (Å²) in [6.45, 7) is 3.60. The van der Waals surface area contributed by atoms with Gasteiger partial charge in [-0.25, -0.2) is 19.3 Å². The number of morpholine rings is 1. The highest BCUT2D eigenvalue weighted by atomic mass is 32.2. The van der Waals surface area contributed by atoms with Crippen molar-refractivity contribution < 1.29 is 45.4 Å². The Kier molecular flexibility index (Phi) is 10.1. The Bertz CT molecular complexity index is 1680. The van der Waals surface area contributed by atoms with E-state index in [1.165, 1.54) is 23.1 Å². The van der Waals surface area contributed by atoms with E-state index in [1.54, 1.807) is 0 Å². The first-order chi connectivity index (χ1) is 21.8. The van der Waals surface area contributed by atoms with E-state index < -0.39 is 38.9 Å². The summed E-state index contributed by atoms with van der Waals surface area (Å²) >= 11 is 0. The van der Waals surface area contributed by atoms with Crippen LogP contribution < -0.4 is 14.4 Å². The van der Waals surface area contributed by atoms with Crippen molar-refractivity contribution in [3.05, 3.63) is 35.8 Å². The van der Waals surface area contributed by atoms with Crippen LogP contribution in [-0.2, 0) is 26.1 Å². The monoisotopic (exact) mass is 670 g/mol. The van der Waals surface area contributed by atoms with Crippen LogP contribution in [0.25, 0.3) is 22.2 Å². The van der Waals surface area contributed by atoms with Gasteiger partial charge in [-0.3, -0.25) is 14.4 Å². The molecular weight excluding hydrogens is 636 g/mol. The molecule has 2 fully saturated rings. The number of carboxylic acids is 1. The smallest absolute Gasteiger partial charge is 0.481 e. The van der Waals surface area contributed by atoms with E-state index in [4.69, 9.17) is 19.6 Å². The molecule has 2 aromatic heterocycles. The number of aliphatic carboxylic acids is 1. The lowest BCUT2D eigenvalue weighted by Gasteiger charge is -2.32. The van der Waals surface area contributed by atoms with Gasteiger partial charge in [-0.05, 0) is 68.5 Å². The lowest BCUT2D eigenvalue weighted by molar-refractivity contribution is -0.137. The molecule has 0 radical (unpaired) electrons. The van der Waals surface area contributed by atoms with Gasteiger partial charge in [0.25, 0.3) is 0 Å². The number of fused-ring (bicyclic) bond motifs is 1. The Balaban J connectivity index is 1.53. The van der Waals surface area contributed by atoms with E-state index in [0.717, 1.165) is 45.5 Å². The predicted molar refractivity (Wildman–Crippen MR) is 160 cm³/mol. The fourth-order valence-corrected chi connectivity index (χ4v) is 6.29. The molecule has 0 bridgehead atoms. The van der Waals surface area contributed by atoms with Gasteiger partial charge in [0.2, 0.25) is 11.8 Å². The summed E-state index contributed by atoms with van der Waals surface area (Å²) in [6, 6.07) is 3.74. The van der Waals surface area contributed by atoms with Crippen LogP contribution in [-0.4, -0.2) is 91.4 Å². The second-order valence-corrected chi connectivity index (χ2v) is 12.9. The number of carboxylic acid groups (broad SMARTS) is 1. The Labute approximate surface area is 262 Å². The van der Waals surface area contributed by atoms with Crippen LogP contribution in [0.15, 0.2) is 24.4 Å². The van der Waals surface area contributed by atoms with Crippen LogP contribution in [0.2, 0.25) is 0 Å². The molecule has 0 saturated carbocycles. The number of hydrogen-bond donors (Lipinski definition) is 2. The third-order valence-electron chi connectivity index (χ3n) is 8.10. The highest BCUT2D eigenvalue weighted by molar-refractivity contribution is 7.93. The summed E-state index contributed by atoms with van der Waals surface area (Å²) in [5.41, 5.74) is -4.89. The van der Waals surface area contributed by atoms with Crippen molar-refractivity contribution >= 4 is 38.5 Å². The van der Waals surface area contributed by atoms with Crippen molar-refractivity contribution in [2.45, 2.75) is 44.2 Å². The average Bonchev–Trinajstić information content (AvgIpc) is 3.01. The van der Waals surface area contributed by atoms with Crippen molar-refractivity contribution in [3.63, 3.8) is 0 Å². The van der Waals surface area contributed by atoms with E-state index in [1.807, 2.05) is 4.90 Å². The van der Waals surface area contributed by atoms with Crippen molar-refractivity contribution in [1.82, 2.24) is 19.9 Å². The Morgan fingerprint density at radius 2 is 1.85 bits per heavy atom. The number of alkyl halides is 3. The third-order valence-corrected chi connectivity index (χ3v) is 9.20. The largest absolute Gasteiger partial charge is 0.516 e. The number of carbonyl (C=O) groups is 1. The number of hydrogen-bond acceptors (Lipinski definition) is 10. The molecule has 0 unspecified atom stereocenters. The number of methoxy groups -OCH3 is 1. The number of benzene rings is 1. The molecule has 3 aromatic rings. The summed E-state index contributed by atoms with van der Waals surface area (Å²) < 4.78 is 90.7. The van der Waals surface area contributed by atoms with Gasteiger partial charge in [0, 0.05) is 43.2 Å². The van der Waals surface area contributed by atoms with E-state index in [2.05, 4.69) is 14.9 Å². The summed E-state index contributed by atoms with van der Waals surface area (Å²) in [5.74, 6) is -1.08. The van der Waals surface area contributed by atoms with Crippen LogP contribution in [0.5, 0.6) is 5.88 Å². The summed E-state index contributed by atoms with van der Waals surface area (Å²) in [7, 11) is -4.68. The SMILES string of the molecule is COc1ncc(-c2nc(N3CCOCC3)nc3c(CN4CCC(CCCC(=O)O)CC4)cc(F)cc23)cc1NS(=O)(=O)C(F)(F)F. The second-order valence-electron chi connectivity index (χ2n) is 11.3. The predicted octanol–water partition coefficient (Wildman–Crippen LogP) is 4.40. The van der Waals surface area contributed by atoms with Crippen molar-refractivity contribution in [2.75, 3.05) is 56.1 Å². The lowest BCUT2D eigenvalue weighted by atomic mass is 9.91. The maximum Gasteiger partial charge on any atom is 0.516 e. The number of nitrogens with one attached hydrogen (secondary N) is 1. The lowest BCUT2D eigenvalue weighted by Crippen LogP contribution is -2.37. The molecule has 0 atom stereocenters. The topological polar surface area (TPSA) is 147 Å². The molecule has 2 aliphatic rings. The molecule has 0 aliphatic carbocycles. The fourth-order valence-electron chi connectivity index (χ4n) is 5.74. The summed E-state index contributed by atoms with van der Waals surface area (Å²) in [5, 5.41) is 9.20. The zero-order valence-electron chi connectivity index (χ0n) is 25.0. The number of halogens is 4. The van der Waals surface area contributed by atoms with E-state index in [0.29, 0.717) is 62.2 Å². The molecular formula is C29H34F4N6O6S. The minimum atomic E-state index is -5.81. The van der Waals surface area contributed by atoms with E-state index in [9.17, 15) is 26.4 Å². The Morgan fingerprint density at radius 3 is 2.50 bits per heavy atom. The molecule has 2 saturated heterocycles. The van der Waals surface area contributed by atoms with Gasteiger partial charge in [0.15, 0.2) is 0 Å². The number of pyridine rings is 1. The van der Waals surface area contributed by atoms with Gasteiger partial charge < -0.3 is 19.5 Å². The number of ether oxygens (including phenoxy) is 2. The molecule has 250 valence electrons. The number of anilines is 2.